The van der Waals surface area contributed by atoms with Crippen LogP contribution in [0.3, 0.4) is 0 Å². The Labute approximate surface area is 103 Å². The summed E-state index contributed by atoms with van der Waals surface area (Å²) in [5.74, 6) is 0. The molecule has 0 aliphatic rings. The van der Waals surface area contributed by atoms with Crippen molar-refractivity contribution in [2.75, 3.05) is 38.2 Å². The maximum atomic E-state index is 10.2. The lowest BCUT2D eigenvalue weighted by Crippen LogP contribution is -2.43. The third-order valence-corrected chi connectivity index (χ3v) is 2.61. The fraction of sp³-hybridized carbons (Fsp3) is 0.538. The van der Waals surface area contributed by atoms with Crippen molar-refractivity contribution in [2.45, 2.75) is 19.4 Å². The van der Waals surface area contributed by atoms with Gasteiger partial charge in [-0.25, -0.2) is 0 Å². The minimum atomic E-state index is -0.780. The van der Waals surface area contributed by atoms with Crippen LogP contribution >= 0.6 is 0 Å². The van der Waals surface area contributed by atoms with E-state index in [1.54, 1.807) is 0 Å². The highest BCUT2D eigenvalue weighted by Crippen LogP contribution is 2.23. The van der Waals surface area contributed by atoms with E-state index in [1.807, 2.05) is 51.0 Å². The molecule has 1 rings (SSSR count). The number of para-hydroxylation sites is 1. The molecular weight excluding hydrogens is 214 g/mol. The van der Waals surface area contributed by atoms with E-state index in [9.17, 15) is 5.11 Å². The van der Waals surface area contributed by atoms with Crippen LogP contribution in [0.25, 0.3) is 0 Å². The van der Waals surface area contributed by atoms with E-state index >= 15 is 0 Å². The molecule has 4 nitrogen and oxygen atoms in total. The molecule has 1 atom stereocenters. The third-order valence-electron chi connectivity index (χ3n) is 2.61. The van der Waals surface area contributed by atoms with E-state index in [1.165, 1.54) is 0 Å². The standard InChI is InChI=1S/C13H23N3O/c1-10-6-5-7-11(14)12(10)15-8-13(2,17)9-16(3)4/h5-7,15,17H,8-9,14H2,1-4H3. The molecule has 0 spiro atoms. The van der Waals surface area contributed by atoms with E-state index in [-0.39, 0.29) is 0 Å². The highest BCUT2D eigenvalue weighted by atomic mass is 16.3. The zero-order chi connectivity index (χ0) is 13.1. The number of likely N-dealkylation sites (N-methyl/N-ethyl adjacent to an activating group) is 1. The fourth-order valence-corrected chi connectivity index (χ4v) is 1.95. The van der Waals surface area contributed by atoms with Crippen molar-refractivity contribution in [3.8, 4) is 0 Å². The van der Waals surface area contributed by atoms with E-state index < -0.39 is 5.60 Å². The van der Waals surface area contributed by atoms with Gasteiger partial charge in [0, 0.05) is 13.1 Å². The molecule has 0 radical (unpaired) electrons. The molecule has 0 saturated carbocycles. The van der Waals surface area contributed by atoms with Crippen LogP contribution in [-0.2, 0) is 0 Å². The summed E-state index contributed by atoms with van der Waals surface area (Å²) in [7, 11) is 3.88. The number of hydrogen-bond acceptors (Lipinski definition) is 4. The van der Waals surface area contributed by atoms with Gasteiger partial charge in [0.05, 0.1) is 17.0 Å². The molecule has 0 aliphatic heterocycles. The van der Waals surface area contributed by atoms with Gasteiger partial charge in [-0.2, -0.15) is 0 Å². The van der Waals surface area contributed by atoms with Gasteiger partial charge in [-0.05, 0) is 39.6 Å². The summed E-state index contributed by atoms with van der Waals surface area (Å²) in [5, 5.41) is 13.4. The second-order valence-corrected chi connectivity index (χ2v) is 5.13. The number of nitrogens with zero attached hydrogens (tertiary/aromatic N) is 1. The Balaban J connectivity index is 2.67. The quantitative estimate of drug-likeness (QED) is 0.676. The predicted molar refractivity (Wildman–Crippen MR) is 73.3 cm³/mol. The van der Waals surface area contributed by atoms with E-state index in [0.717, 1.165) is 11.3 Å². The molecule has 0 fully saturated rings. The Bertz CT molecular complexity index is 355. The summed E-state index contributed by atoms with van der Waals surface area (Å²) in [4.78, 5) is 1.96. The van der Waals surface area contributed by atoms with Crippen LogP contribution in [0.15, 0.2) is 18.2 Å². The van der Waals surface area contributed by atoms with Gasteiger partial charge in [0.25, 0.3) is 0 Å². The van der Waals surface area contributed by atoms with Crippen LogP contribution in [-0.4, -0.2) is 42.8 Å². The van der Waals surface area contributed by atoms with Gasteiger partial charge in [0.2, 0.25) is 0 Å². The predicted octanol–water partition coefficient (Wildman–Crippen LogP) is 1.30. The number of aliphatic hydroxyl groups is 1. The molecule has 0 saturated heterocycles. The van der Waals surface area contributed by atoms with Crippen LogP contribution in [0.2, 0.25) is 0 Å². The number of nitrogen functional groups attached to an aromatic ring is 1. The lowest BCUT2D eigenvalue weighted by molar-refractivity contribution is 0.0460. The van der Waals surface area contributed by atoms with Crippen molar-refractivity contribution < 1.29 is 5.11 Å². The number of hydrogen-bond donors (Lipinski definition) is 3. The van der Waals surface area contributed by atoms with Gasteiger partial charge in [-0.1, -0.05) is 12.1 Å². The average molecular weight is 237 g/mol. The lowest BCUT2D eigenvalue weighted by atomic mass is 10.1. The molecule has 0 heterocycles. The molecule has 0 bridgehead atoms. The summed E-state index contributed by atoms with van der Waals surface area (Å²) < 4.78 is 0. The van der Waals surface area contributed by atoms with Gasteiger partial charge >= 0.3 is 0 Å². The van der Waals surface area contributed by atoms with Gasteiger partial charge in [-0.3, -0.25) is 0 Å². The monoisotopic (exact) mass is 237 g/mol. The molecule has 96 valence electrons. The number of nitrogens with two attached hydrogens (primary N) is 1. The molecule has 17 heavy (non-hydrogen) atoms. The summed E-state index contributed by atoms with van der Waals surface area (Å²) >= 11 is 0. The number of aryl methyl sites for hydroxylation is 1. The van der Waals surface area contributed by atoms with Crippen molar-refractivity contribution in [1.82, 2.24) is 4.90 Å². The fourth-order valence-electron chi connectivity index (χ4n) is 1.95. The summed E-state index contributed by atoms with van der Waals surface area (Å²) in [6.45, 7) is 4.89. The van der Waals surface area contributed by atoms with Crippen molar-refractivity contribution in [3.63, 3.8) is 0 Å². The van der Waals surface area contributed by atoms with E-state index in [4.69, 9.17) is 5.73 Å². The molecule has 0 aromatic heterocycles. The zero-order valence-corrected chi connectivity index (χ0v) is 11.1. The van der Waals surface area contributed by atoms with Crippen LogP contribution < -0.4 is 11.1 Å². The second-order valence-electron chi connectivity index (χ2n) is 5.13. The smallest absolute Gasteiger partial charge is 0.0917 e. The first kappa shape index (κ1) is 13.8. The molecule has 1 aromatic carbocycles. The maximum Gasteiger partial charge on any atom is 0.0917 e. The SMILES string of the molecule is Cc1cccc(N)c1NCC(C)(O)CN(C)C. The van der Waals surface area contributed by atoms with Crippen LogP contribution in [0.1, 0.15) is 12.5 Å². The normalized spacial score (nSPS) is 14.7. The largest absolute Gasteiger partial charge is 0.397 e. The molecule has 1 aromatic rings. The van der Waals surface area contributed by atoms with Crippen LogP contribution in [0.5, 0.6) is 0 Å². The van der Waals surface area contributed by atoms with Gasteiger partial charge < -0.3 is 21.1 Å². The van der Waals surface area contributed by atoms with Gasteiger partial charge in [-0.15, -0.1) is 0 Å². The number of nitrogens with one attached hydrogen (secondary N) is 1. The Morgan fingerprint density at radius 2 is 2.06 bits per heavy atom. The number of rotatable bonds is 5. The average Bonchev–Trinajstić information content (AvgIpc) is 2.14. The molecule has 4 heteroatoms. The van der Waals surface area contributed by atoms with Crippen molar-refractivity contribution in [2.24, 2.45) is 0 Å². The zero-order valence-electron chi connectivity index (χ0n) is 11.1. The Morgan fingerprint density at radius 3 is 2.59 bits per heavy atom. The Hall–Kier alpha value is -1.26. The van der Waals surface area contributed by atoms with Crippen LogP contribution in [0.4, 0.5) is 11.4 Å². The highest BCUT2D eigenvalue weighted by molar-refractivity contribution is 5.69. The summed E-state index contributed by atoms with van der Waals surface area (Å²) in [5.41, 5.74) is 7.83. The Morgan fingerprint density at radius 1 is 1.41 bits per heavy atom. The van der Waals surface area contributed by atoms with Crippen molar-refractivity contribution in [1.29, 1.82) is 0 Å². The molecule has 0 aliphatic carbocycles. The number of benzene rings is 1. The van der Waals surface area contributed by atoms with E-state index in [2.05, 4.69) is 5.32 Å². The molecule has 1 unspecified atom stereocenters. The molecule has 4 N–H and O–H groups in total. The first-order valence-corrected chi connectivity index (χ1v) is 5.78. The lowest BCUT2D eigenvalue weighted by Gasteiger charge is -2.28. The molecule has 0 amide bonds. The van der Waals surface area contributed by atoms with Crippen LogP contribution in [0, 0.1) is 6.92 Å². The highest BCUT2D eigenvalue weighted by Gasteiger charge is 2.21. The number of anilines is 2. The van der Waals surface area contributed by atoms with Gasteiger partial charge in [0.15, 0.2) is 0 Å². The third kappa shape index (κ3) is 4.24. The Kier molecular flexibility index (Phi) is 4.37. The first-order chi connectivity index (χ1) is 7.82. The first-order valence-electron chi connectivity index (χ1n) is 5.78. The van der Waals surface area contributed by atoms with Crippen molar-refractivity contribution >= 4 is 11.4 Å². The minimum Gasteiger partial charge on any atom is -0.397 e. The van der Waals surface area contributed by atoms with E-state index in [0.29, 0.717) is 18.8 Å². The van der Waals surface area contributed by atoms with Gasteiger partial charge in [0.1, 0.15) is 0 Å². The minimum absolute atomic E-state index is 0.472. The molecular formula is C13H23N3O. The summed E-state index contributed by atoms with van der Waals surface area (Å²) in [6, 6.07) is 5.78. The summed E-state index contributed by atoms with van der Waals surface area (Å²) in [6.07, 6.45) is 0. The van der Waals surface area contributed by atoms with Crippen molar-refractivity contribution in [3.05, 3.63) is 23.8 Å². The topological polar surface area (TPSA) is 61.5 Å². The second kappa shape index (κ2) is 5.38. The maximum absolute atomic E-state index is 10.2.